The van der Waals surface area contributed by atoms with E-state index in [0.717, 1.165) is 41.8 Å². The van der Waals surface area contributed by atoms with Crippen LogP contribution in [-0.4, -0.2) is 38.9 Å². The van der Waals surface area contributed by atoms with Gasteiger partial charge in [0.25, 0.3) is 5.19 Å². The number of hydrogen-bond donors (Lipinski definition) is 1. The maximum atomic E-state index is 11.4. The van der Waals surface area contributed by atoms with Crippen molar-refractivity contribution in [1.82, 2.24) is 19.6 Å². The number of rotatable bonds is 9. The average Bonchev–Trinajstić information content (AvgIpc) is 3.74. The second kappa shape index (κ2) is 8.19. The van der Waals surface area contributed by atoms with Crippen LogP contribution >= 0.6 is 22.7 Å². The number of imidazole rings is 1. The Balaban J connectivity index is 1.17. The molecule has 9 nitrogen and oxygen atoms in total. The molecule has 4 heterocycles. The molecule has 2 aliphatic rings. The highest BCUT2D eigenvalue weighted by Gasteiger charge is 2.56. The summed E-state index contributed by atoms with van der Waals surface area (Å²) in [5.41, 5.74) is 1.35. The van der Waals surface area contributed by atoms with Gasteiger partial charge in [0.2, 0.25) is 4.96 Å². The van der Waals surface area contributed by atoms with Gasteiger partial charge in [0.05, 0.1) is 31.5 Å². The maximum Gasteiger partial charge on any atom is 0.294 e. The third-order valence-electron chi connectivity index (χ3n) is 6.93. The van der Waals surface area contributed by atoms with Gasteiger partial charge in [0.1, 0.15) is 40.0 Å². The van der Waals surface area contributed by atoms with E-state index >= 15 is 0 Å². The number of furan rings is 1. The molecule has 1 aromatic carbocycles. The molecule has 0 amide bonds. The summed E-state index contributed by atoms with van der Waals surface area (Å²) in [7, 11) is 3.20. The summed E-state index contributed by atoms with van der Waals surface area (Å²) in [5, 5.41) is 19.9. The van der Waals surface area contributed by atoms with Crippen molar-refractivity contribution in [2.24, 2.45) is 11.8 Å². The first-order valence-electron chi connectivity index (χ1n) is 11.9. The molecule has 186 valence electrons. The van der Waals surface area contributed by atoms with E-state index in [1.165, 1.54) is 22.7 Å². The molecule has 0 atom stereocenters. The predicted octanol–water partition coefficient (Wildman–Crippen LogP) is 5.26. The van der Waals surface area contributed by atoms with Gasteiger partial charge in [0.15, 0.2) is 5.76 Å². The number of nitrogens with zero attached hydrogens (tertiary/aromatic N) is 4. The lowest BCUT2D eigenvalue weighted by atomic mass is 9.92. The van der Waals surface area contributed by atoms with Gasteiger partial charge < -0.3 is 23.7 Å². The van der Waals surface area contributed by atoms with E-state index in [0.29, 0.717) is 50.5 Å². The summed E-state index contributed by atoms with van der Waals surface area (Å²) < 4.78 is 24.7. The second-order valence-corrected chi connectivity index (χ2v) is 11.2. The molecule has 2 fully saturated rings. The van der Waals surface area contributed by atoms with Gasteiger partial charge >= 0.3 is 0 Å². The lowest BCUT2D eigenvalue weighted by Crippen LogP contribution is -2.30. The molecule has 0 spiro atoms. The number of ether oxygens (including phenoxy) is 3. The highest BCUT2D eigenvalue weighted by atomic mass is 32.1. The molecule has 0 bridgehead atoms. The first-order chi connectivity index (χ1) is 17.5. The zero-order valence-electron chi connectivity index (χ0n) is 19.8. The van der Waals surface area contributed by atoms with Crippen molar-refractivity contribution >= 4 is 38.6 Å². The van der Waals surface area contributed by atoms with E-state index in [4.69, 9.17) is 23.6 Å². The standard InChI is InChI=1S/C25H24N4O5S2/c1-31-16-7-19(33-11-15-12-35-22(26-15)25(30,13-3-4-13)14-5-6-14)17-9-21(34-20(17)8-16)18-10-29-23(27-18)36-24(28-29)32-2/h7-10,12-14,30H,3-6,11H2,1-2H3. The molecule has 0 aliphatic heterocycles. The number of benzene rings is 1. The molecule has 0 unspecified atom stereocenters. The van der Waals surface area contributed by atoms with Crippen LogP contribution in [0.4, 0.5) is 0 Å². The first-order valence-corrected chi connectivity index (χ1v) is 13.6. The minimum Gasteiger partial charge on any atom is -0.496 e. The molecule has 2 saturated carbocycles. The number of methoxy groups -OCH3 is 2. The van der Waals surface area contributed by atoms with Crippen LogP contribution in [0.1, 0.15) is 36.4 Å². The maximum absolute atomic E-state index is 11.4. The highest BCUT2D eigenvalue weighted by molar-refractivity contribution is 7.18. The Morgan fingerprint density at radius 1 is 1.11 bits per heavy atom. The van der Waals surface area contributed by atoms with E-state index in [-0.39, 0.29) is 6.61 Å². The van der Waals surface area contributed by atoms with Crippen LogP contribution in [0.25, 0.3) is 27.4 Å². The normalized spacial score (nSPS) is 16.2. The van der Waals surface area contributed by atoms with Crippen molar-refractivity contribution in [3.63, 3.8) is 0 Å². The molecule has 4 aromatic heterocycles. The van der Waals surface area contributed by atoms with Crippen LogP contribution in [0, 0.1) is 11.8 Å². The van der Waals surface area contributed by atoms with Crippen molar-refractivity contribution in [2.45, 2.75) is 37.9 Å². The number of hydrogen-bond acceptors (Lipinski definition) is 10. The Kier molecular flexibility index (Phi) is 5.02. The van der Waals surface area contributed by atoms with Crippen LogP contribution in [0.5, 0.6) is 16.7 Å². The molecular formula is C25H24N4O5S2. The minimum absolute atomic E-state index is 0.286. The van der Waals surface area contributed by atoms with Gasteiger partial charge in [-0.25, -0.2) is 14.5 Å². The lowest BCUT2D eigenvalue weighted by molar-refractivity contribution is -0.0106. The third kappa shape index (κ3) is 3.64. The molecule has 36 heavy (non-hydrogen) atoms. The van der Waals surface area contributed by atoms with Gasteiger partial charge in [-0.1, -0.05) is 0 Å². The summed E-state index contributed by atoms with van der Waals surface area (Å²) >= 11 is 2.90. The average molecular weight is 525 g/mol. The molecule has 1 N–H and O–H groups in total. The Bertz CT molecular complexity index is 1530. The number of aliphatic hydroxyl groups is 1. The molecule has 5 aromatic rings. The van der Waals surface area contributed by atoms with Gasteiger partial charge in [-0.2, -0.15) is 0 Å². The zero-order valence-corrected chi connectivity index (χ0v) is 21.4. The van der Waals surface area contributed by atoms with Crippen LogP contribution < -0.4 is 14.2 Å². The molecule has 11 heteroatoms. The minimum atomic E-state index is -0.761. The van der Waals surface area contributed by atoms with Gasteiger partial charge in [-0.3, -0.25) is 0 Å². The van der Waals surface area contributed by atoms with Gasteiger partial charge in [-0.15, -0.1) is 16.4 Å². The highest BCUT2D eigenvalue weighted by Crippen LogP contribution is 2.57. The van der Waals surface area contributed by atoms with E-state index in [1.807, 2.05) is 29.8 Å². The van der Waals surface area contributed by atoms with Crippen LogP contribution in [0.3, 0.4) is 0 Å². The summed E-state index contributed by atoms with van der Waals surface area (Å²) in [5.74, 6) is 2.57. The van der Waals surface area contributed by atoms with Crippen molar-refractivity contribution in [3.8, 4) is 28.1 Å². The number of thiazole rings is 1. The fraction of sp³-hybridized carbons (Fsp3) is 0.400. The lowest BCUT2D eigenvalue weighted by Gasteiger charge is -2.25. The fourth-order valence-electron chi connectivity index (χ4n) is 4.77. The van der Waals surface area contributed by atoms with Crippen molar-refractivity contribution < 1.29 is 23.7 Å². The number of aromatic nitrogens is 4. The van der Waals surface area contributed by atoms with Crippen LogP contribution in [0.2, 0.25) is 0 Å². The molecule has 0 radical (unpaired) electrons. The smallest absolute Gasteiger partial charge is 0.294 e. The monoisotopic (exact) mass is 524 g/mol. The van der Waals surface area contributed by atoms with Crippen LogP contribution in [0.15, 0.2) is 34.2 Å². The molecular weight excluding hydrogens is 500 g/mol. The zero-order chi connectivity index (χ0) is 24.4. The Morgan fingerprint density at radius 2 is 1.92 bits per heavy atom. The van der Waals surface area contributed by atoms with Crippen molar-refractivity contribution in [1.29, 1.82) is 0 Å². The quantitative estimate of drug-likeness (QED) is 0.278. The number of fused-ring (bicyclic) bond motifs is 2. The van der Waals surface area contributed by atoms with E-state index in [2.05, 4.69) is 10.1 Å². The predicted molar refractivity (Wildman–Crippen MR) is 135 cm³/mol. The van der Waals surface area contributed by atoms with Gasteiger partial charge in [0, 0.05) is 17.5 Å². The Morgan fingerprint density at radius 3 is 2.61 bits per heavy atom. The second-order valence-electron chi connectivity index (χ2n) is 9.38. The van der Waals surface area contributed by atoms with Crippen molar-refractivity contribution in [2.75, 3.05) is 14.2 Å². The molecule has 2 aliphatic carbocycles. The van der Waals surface area contributed by atoms with Crippen LogP contribution in [-0.2, 0) is 12.2 Å². The molecule has 7 rings (SSSR count). The Labute approximate surface area is 214 Å². The topological polar surface area (TPSA) is 104 Å². The summed E-state index contributed by atoms with van der Waals surface area (Å²) in [4.78, 5) is 10.1. The first kappa shape index (κ1) is 22.1. The fourth-order valence-corrected chi connectivity index (χ4v) is 6.53. The summed E-state index contributed by atoms with van der Waals surface area (Å²) in [6.07, 6.45) is 6.15. The van der Waals surface area contributed by atoms with Crippen molar-refractivity contribution in [3.05, 3.63) is 40.5 Å². The third-order valence-corrected chi connectivity index (χ3v) is 8.85. The van der Waals surface area contributed by atoms with E-state index < -0.39 is 5.60 Å². The Hall–Kier alpha value is -3.15. The summed E-state index contributed by atoms with van der Waals surface area (Å²) in [6, 6.07) is 5.59. The van der Waals surface area contributed by atoms with E-state index in [9.17, 15) is 5.11 Å². The molecule has 0 saturated heterocycles. The van der Waals surface area contributed by atoms with E-state index in [1.54, 1.807) is 18.7 Å². The van der Waals surface area contributed by atoms with Gasteiger partial charge in [-0.05, 0) is 54.9 Å². The summed E-state index contributed by atoms with van der Waals surface area (Å²) in [6.45, 7) is 0.286. The largest absolute Gasteiger partial charge is 0.496 e. The SMILES string of the molecule is COc1cc(OCc2csc(C(O)(C3CC3)C3CC3)n2)c2cc(-c3cn4nc(OC)sc4n3)oc2c1.